The second-order valence-corrected chi connectivity index (χ2v) is 6.73. The highest BCUT2D eigenvalue weighted by Gasteiger charge is 2.36. The van der Waals surface area contributed by atoms with E-state index in [4.69, 9.17) is 16.3 Å². The second-order valence-electron chi connectivity index (χ2n) is 6.33. The maximum atomic E-state index is 12.2. The lowest BCUT2D eigenvalue weighted by molar-refractivity contribution is -0.129. The third-order valence-electron chi connectivity index (χ3n) is 4.65. The monoisotopic (exact) mass is 351 g/mol. The molecule has 0 bridgehead atoms. The van der Waals surface area contributed by atoms with Gasteiger partial charge >= 0.3 is 0 Å². The molecule has 3 rings (SSSR count). The number of amides is 2. The summed E-state index contributed by atoms with van der Waals surface area (Å²) in [5, 5.41) is 9.58. The number of nitrogens with one attached hydrogen (secondary N) is 3. The van der Waals surface area contributed by atoms with Crippen molar-refractivity contribution >= 4 is 29.1 Å². The van der Waals surface area contributed by atoms with Crippen molar-refractivity contribution in [2.45, 2.75) is 50.2 Å². The molecule has 0 spiro atoms. The van der Waals surface area contributed by atoms with E-state index < -0.39 is 6.04 Å². The first kappa shape index (κ1) is 17.0. The van der Waals surface area contributed by atoms with Crippen molar-refractivity contribution in [2.24, 2.45) is 0 Å². The van der Waals surface area contributed by atoms with Crippen LogP contribution in [0.15, 0.2) is 18.2 Å². The minimum absolute atomic E-state index is 0.0959. The lowest BCUT2D eigenvalue weighted by Crippen LogP contribution is -2.65. The van der Waals surface area contributed by atoms with Gasteiger partial charge in [0.1, 0.15) is 5.75 Å². The van der Waals surface area contributed by atoms with Gasteiger partial charge in [0, 0.05) is 17.8 Å². The highest BCUT2D eigenvalue weighted by molar-refractivity contribution is 6.32. The standard InChI is InChI=1S/C17H22ClN3O3/c1-24-15-7-6-10(8-11(15)18)19-16(22)9-14-17(23)21-13-5-3-2-4-12(13)20-14/h6-8,12-14,20H,2-5,9H2,1H3,(H,19,22)(H,21,23)/t12-,13-,14+/m0/s1. The third-order valence-corrected chi connectivity index (χ3v) is 4.95. The Morgan fingerprint density at radius 1 is 1.33 bits per heavy atom. The van der Waals surface area contributed by atoms with Crippen LogP contribution in [0.25, 0.3) is 0 Å². The van der Waals surface area contributed by atoms with Gasteiger partial charge in [-0.2, -0.15) is 0 Å². The molecule has 1 heterocycles. The first-order valence-corrected chi connectivity index (χ1v) is 8.64. The van der Waals surface area contributed by atoms with Crippen LogP contribution in [0, 0.1) is 0 Å². The molecule has 0 aromatic heterocycles. The molecular formula is C17H22ClN3O3. The molecule has 1 aromatic rings. The van der Waals surface area contributed by atoms with E-state index in [1.165, 1.54) is 7.11 Å². The van der Waals surface area contributed by atoms with E-state index in [1.807, 2.05) is 0 Å². The topological polar surface area (TPSA) is 79.5 Å². The number of halogens is 1. The van der Waals surface area contributed by atoms with E-state index in [1.54, 1.807) is 18.2 Å². The highest BCUT2D eigenvalue weighted by Crippen LogP contribution is 2.27. The lowest BCUT2D eigenvalue weighted by Gasteiger charge is -2.40. The largest absolute Gasteiger partial charge is 0.495 e. The van der Waals surface area contributed by atoms with Crippen molar-refractivity contribution in [1.29, 1.82) is 0 Å². The Balaban J connectivity index is 1.58. The zero-order chi connectivity index (χ0) is 17.1. The van der Waals surface area contributed by atoms with Crippen molar-refractivity contribution in [3.05, 3.63) is 23.2 Å². The van der Waals surface area contributed by atoms with E-state index in [0.717, 1.165) is 25.7 Å². The first-order valence-electron chi connectivity index (χ1n) is 8.26. The molecule has 1 saturated heterocycles. The van der Waals surface area contributed by atoms with E-state index in [9.17, 15) is 9.59 Å². The summed E-state index contributed by atoms with van der Waals surface area (Å²) in [5.74, 6) is 0.227. The zero-order valence-corrected chi connectivity index (χ0v) is 14.4. The van der Waals surface area contributed by atoms with Gasteiger partial charge in [-0.1, -0.05) is 24.4 Å². The number of benzene rings is 1. The molecule has 6 nitrogen and oxygen atoms in total. The fourth-order valence-corrected chi connectivity index (χ4v) is 3.67. The van der Waals surface area contributed by atoms with Crippen LogP contribution in [-0.2, 0) is 9.59 Å². The van der Waals surface area contributed by atoms with Crippen molar-refractivity contribution in [3.63, 3.8) is 0 Å². The third kappa shape index (κ3) is 3.82. The van der Waals surface area contributed by atoms with Crippen LogP contribution in [0.5, 0.6) is 5.75 Å². The van der Waals surface area contributed by atoms with Crippen LogP contribution in [0.2, 0.25) is 5.02 Å². The SMILES string of the molecule is COc1ccc(NC(=O)C[C@H]2N[C@H]3CCCC[C@@H]3NC2=O)cc1Cl. The summed E-state index contributed by atoms with van der Waals surface area (Å²) in [6.07, 6.45) is 4.45. The summed E-state index contributed by atoms with van der Waals surface area (Å²) >= 11 is 6.05. The van der Waals surface area contributed by atoms with Gasteiger partial charge in [-0.3, -0.25) is 9.59 Å². The van der Waals surface area contributed by atoms with E-state index in [2.05, 4.69) is 16.0 Å². The Kier molecular flexibility index (Phi) is 5.26. The number of rotatable bonds is 4. The van der Waals surface area contributed by atoms with Gasteiger partial charge in [0.15, 0.2) is 0 Å². The molecule has 7 heteroatoms. The van der Waals surface area contributed by atoms with E-state index >= 15 is 0 Å². The summed E-state index contributed by atoms with van der Waals surface area (Å²) in [5.41, 5.74) is 0.581. The smallest absolute Gasteiger partial charge is 0.237 e. The van der Waals surface area contributed by atoms with Crippen LogP contribution in [0.4, 0.5) is 5.69 Å². The first-order chi connectivity index (χ1) is 11.6. The molecule has 0 radical (unpaired) electrons. The molecule has 3 N–H and O–H groups in total. The van der Waals surface area contributed by atoms with Gasteiger partial charge in [0.05, 0.1) is 24.6 Å². The van der Waals surface area contributed by atoms with Gasteiger partial charge in [0.25, 0.3) is 0 Å². The molecule has 1 aliphatic heterocycles. The zero-order valence-electron chi connectivity index (χ0n) is 13.6. The van der Waals surface area contributed by atoms with Crippen LogP contribution in [0.1, 0.15) is 32.1 Å². The molecule has 2 aliphatic rings. The predicted molar refractivity (Wildman–Crippen MR) is 92.4 cm³/mol. The van der Waals surface area contributed by atoms with Crippen LogP contribution >= 0.6 is 11.6 Å². The van der Waals surface area contributed by atoms with Gasteiger partial charge < -0.3 is 20.7 Å². The molecule has 24 heavy (non-hydrogen) atoms. The number of anilines is 1. The summed E-state index contributed by atoms with van der Waals surface area (Å²) in [7, 11) is 1.53. The average Bonchev–Trinajstić information content (AvgIpc) is 2.55. The number of methoxy groups -OCH3 is 1. The number of fused-ring (bicyclic) bond motifs is 1. The summed E-state index contributed by atoms with van der Waals surface area (Å²) in [6.45, 7) is 0. The molecule has 2 fully saturated rings. The Morgan fingerprint density at radius 3 is 2.79 bits per heavy atom. The number of carbonyl (C=O) groups excluding carboxylic acids is 2. The number of hydrogen-bond acceptors (Lipinski definition) is 4. The minimum atomic E-state index is -0.488. The molecular weight excluding hydrogens is 330 g/mol. The predicted octanol–water partition coefficient (Wildman–Crippen LogP) is 2.08. The molecule has 1 aromatic carbocycles. The molecule has 1 saturated carbocycles. The number of carbonyl (C=O) groups is 2. The van der Waals surface area contributed by atoms with E-state index in [-0.39, 0.29) is 30.3 Å². The molecule has 1 aliphatic carbocycles. The lowest BCUT2D eigenvalue weighted by atomic mass is 9.87. The highest BCUT2D eigenvalue weighted by atomic mass is 35.5. The molecule has 3 atom stereocenters. The van der Waals surface area contributed by atoms with Crippen molar-refractivity contribution in [3.8, 4) is 5.75 Å². The van der Waals surface area contributed by atoms with Gasteiger partial charge in [-0.25, -0.2) is 0 Å². The van der Waals surface area contributed by atoms with Crippen molar-refractivity contribution < 1.29 is 14.3 Å². The quantitative estimate of drug-likeness (QED) is 0.776. The fraction of sp³-hybridized carbons (Fsp3) is 0.529. The normalized spacial score (nSPS) is 26.2. The maximum Gasteiger partial charge on any atom is 0.237 e. The number of hydrogen-bond donors (Lipinski definition) is 3. The van der Waals surface area contributed by atoms with Crippen LogP contribution in [-0.4, -0.2) is 37.0 Å². The second kappa shape index (κ2) is 7.40. The molecule has 130 valence electrons. The van der Waals surface area contributed by atoms with Gasteiger partial charge in [-0.05, 0) is 31.0 Å². The Labute approximate surface area is 146 Å². The number of piperazine rings is 1. The maximum absolute atomic E-state index is 12.2. The average molecular weight is 352 g/mol. The number of ether oxygens (including phenoxy) is 1. The minimum Gasteiger partial charge on any atom is -0.495 e. The van der Waals surface area contributed by atoms with Gasteiger partial charge in [0.2, 0.25) is 11.8 Å². The Hall–Kier alpha value is -1.79. The Bertz CT molecular complexity index is 638. The molecule has 2 amide bonds. The summed E-state index contributed by atoms with van der Waals surface area (Å²) < 4.78 is 5.08. The van der Waals surface area contributed by atoms with Crippen molar-refractivity contribution in [2.75, 3.05) is 12.4 Å². The Morgan fingerprint density at radius 2 is 2.08 bits per heavy atom. The van der Waals surface area contributed by atoms with Crippen LogP contribution < -0.4 is 20.7 Å². The van der Waals surface area contributed by atoms with E-state index in [0.29, 0.717) is 16.5 Å². The summed E-state index contributed by atoms with van der Waals surface area (Å²) in [4.78, 5) is 24.4. The van der Waals surface area contributed by atoms with Crippen molar-refractivity contribution in [1.82, 2.24) is 10.6 Å². The van der Waals surface area contributed by atoms with Gasteiger partial charge in [-0.15, -0.1) is 0 Å². The van der Waals surface area contributed by atoms with Crippen LogP contribution in [0.3, 0.4) is 0 Å². The fourth-order valence-electron chi connectivity index (χ4n) is 3.41. The summed E-state index contributed by atoms with van der Waals surface area (Å²) in [6, 6.07) is 5.02. The molecule has 0 unspecified atom stereocenters.